The Morgan fingerprint density at radius 1 is 0.976 bits per heavy atom. The van der Waals surface area contributed by atoms with Crippen molar-refractivity contribution in [2.75, 3.05) is 19.4 Å². The minimum atomic E-state index is -3.53. The Morgan fingerprint density at radius 2 is 1.54 bits per heavy atom. The maximum absolute atomic E-state index is 11.1. The molecule has 13 nitrogen and oxygen atoms in total. The van der Waals surface area contributed by atoms with Crippen LogP contribution in [0.1, 0.15) is 45.1 Å². The number of carbonyl (C=O) groups excluding carboxylic acids is 1. The van der Waals surface area contributed by atoms with Gasteiger partial charge in [0.25, 0.3) is 0 Å². The van der Waals surface area contributed by atoms with Crippen molar-refractivity contribution in [2.45, 2.75) is 57.6 Å². The molecule has 0 bridgehead atoms. The average Bonchev–Trinajstić information content (AvgIpc) is 2.87. The number of benzene rings is 2. The number of hydrogen-bond donors (Lipinski definition) is 5. The quantitative estimate of drug-likeness (QED) is 0.0670. The van der Waals surface area contributed by atoms with E-state index in [1.165, 1.54) is 13.8 Å². The molecule has 228 valence electrons. The van der Waals surface area contributed by atoms with Crippen LogP contribution in [0.15, 0.2) is 48.5 Å². The summed E-state index contributed by atoms with van der Waals surface area (Å²) >= 11 is 0. The van der Waals surface area contributed by atoms with E-state index in [4.69, 9.17) is 36.0 Å². The fourth-order valence-corrected chi connectivity index (χ4v) is 3.59. The molecule has 0 radical (unpaired) electrons. The number of carbonyl (C=O) groups is 2. The van der Waals surface area contributed by atoms with Crippen molar-refractivity contribution in [2.24, 2.45) is 17.2 Å². The zero-order valence-electron chi connectivity index (χ0n) is 23.5. The van der Waals surface area contributed by atoms with E-state index in [0.29, 0.717) is 37.5 Å². The molecule has 2 aromatic carbocycles. The Bertz CT molecular complexity index is 1230. The topological polar surface area (TPSA) is 231 Å². The lowest BCUT2D eigenvalue weighted by Gasteiger charge is -2.27. The monoisotopic (exact) mass is 596 g/mol. The van der Waals surface area contributed by atoms with E-state index in [1.807, 2.05) is 12.1 Å². The first-order chi connectivity index (χ1) is 19.1. The SMILES string of the molecule is CC(C)(Oc1ccc(CCCCOc2ccc(OS(C)(=O)=O)cc2)cc1)C(=O)[O-].NC(N)=[NH+]CCCC(N)C(=O)O. The minimum absolute atomic E-state index is 0.138. The Labute approximate surface area is 240 Å². The van der Waals surface area contributed by atoms with Crippen LogP contribution in [0.3, 0.4) is 0 Å². The number of nitrogens with one attached hydrogen (secondary N) is 1. The normalized spacial score (nSPS) is 11.8. The highest BCUT2D eigenvalue weighted by Crippen LogP contribution is 2.21. The predicted octanol–water partition coefficient (Wildman–Crippen LogP) is -1.13. The molecule has 1 unspecified atom stereocenters. The van der Waals surface area contributed by atoms with Gasteiger partial charge in [-0.2, -0.15) is 8.42 Å². The van der Waals surface area contributed by atoms with Gasteiger partial charge in [-0.25, -0.2) is 0 Å². The number of carboxylic acids is 2. The van der Waals surface area contributed by atoms with Crippen LogP contribution in [-0.4, -0.2) is 62.5 Å². The van der Waals surface area contributed by atoms with Crippen molar-refractivity contribution in [3.8, 4) is 17.2 Å². The van der Waals surface area contributed by atoms with E-state index in [2.05, 4.69) is 4.99 Å². The summed E-state index contributed by atoms with van der Waals surface area (Å²) < 4.78 is 38.0. The summed E-state index contributed by atoms with van der Waals surface area (Å²) in [5.41, 5.74) is 15.2. The van der Waals surface area contributed by atoms with Gasteiger partial charge in [-0.3, -0.25) is 21.3 Å². The van der Waals surface area contributed by atoms with E-state index in [1.54, 1.807) is 36.4 Å². The van der Waals surface area contributed by atoms with Crippen LogP contribution in [0.25, 0.3) is 0 Å². The molecular formula is C27H40N4O9S. The lowest BCUT2D eigenvalue weighted by molar-refractivity contribution is -0.459. The maximum Gasteiger partial charge on any atom is 0.338 e. The molecule has 0 aromatic heterocycles. The Balaban J connectivity index is 0.000000590. The first-order valence-electron chi connectivity index (χ1n) is 12.8. The predicted molar refractivity (Wildman–Crippen MR) is 151 cm³/mol. The second kappa shape index (κ2) is 16.9. The molecule has 41 heavy (non-hydrogen) atoms. The van der Waals surface area contributed by atoms with Crippen molar-refractivity contribution in [1.82, 2.24) is 0 Å². The number of rotatable bonds is 16. The second-order valence-corrected chi connectivity index (χ2v) is 11.2. The second-order valence-electron chi connectivity index (χ2n) is 9.58. The molecule has 2 aromatic rings. The molecule has 0 amide bonds. The number of hydrogen-bond acceptors (Lipinski definition) is 9. The number of aliphatic carboxylic acids is 2. The van der Waals surface area contributed by atoms with Gasteiger partial charge in [0.05, 0.1) is 25.4 Å². The van der Waals surface area contributed by atoms with Crippen molar-refractivity contribution in [3.05, 3.63) is 54.1 Å². The molecule has 8 N–H and O–H groups in total. The molecule has 0 aliphatic carbocycles. The number of carboxylic acid groups (broad SMARTS) is 2. The standard InChI is InChI=1S/C21H26O7S.C6H14N4O2/c1-21(2,20(22)23)27-18-9-7-16(8-10-18)6-4-5-15-26-17-11-13-19(14-12-17)28-29(3,24)25;7-4(5(11)12)2-1-3-10-6(8)9/h7-14H,4-6,15H2,1-3H3,(H,22,23);4H,1-3,7H2,(H,11,12)(H4,8,9,10). The molecule has 0 aliphatic rings. The molecule has 0 heterocycles. The van der Waals surface area contributed by atoms with Gasteiger partial charge in [0.1, 0.15) is 28.9 Å². The van der Waals surface area contributed by atoms with Crippen LogP contribution < -0.4 is 41.0 Å². The molecule has 0 fully saturated rings. The number of unbranched alkanes of at least 4 members (excludes halogenated alkanes) is 1. The Hall–Kier alpha value is -4.04. The summed E-state index contributed by atoms with van der Waals surface area (Å²) in [5.74, 6) is -0.745. The van der Waals surface area contributed by atoms with Crippen molar-refractivity contribution in [3.63, 3.8) is 0 Å². The van der Waals surface area contributed by atoms with Gasteiger partial charge in [-0.1, -0.05) is 12.1 Å². The highest BCUT2D eigenvalue weighted by Gasteiger charge is 2.21. The smallest absolute Gasteiger partial charge is 0.338 e. The lowest BCUT2D eigenvalue weighted by Crippen LogP contribution is -2.78. The molecule has 0 spiro atoms. The van der Waals surface area contributed by atoms with Gasteiger partial charge in [0.15, 0.2) is 0 Å². The summed E-state index contributed by atoms with van der Waals surface area (Å²) in [4.78, 5) is 23.9. The zero-order valence-corrected chi connectivity index (χ0v) is 24.3. The molecule has 14 heteroatoms. The third kappa shape index (κ3) is 16.0. The van der Waals surface area contributed by atoms with E-state index in [0.717, 1.165) is 31.1 Å². The third-order valence-electron chi connectivity index (χ3n) is 5.33. The van der Waals surface area contributed by atoms with E-state index >= 15 is 0 Å². The van der Waals surface area contributed by atoms with Crippen molar-refractivity contribution in [1.29, 1.82) is 0 Å². The lowest BCUT2D eigenvalue weighted by atomic mass is 10.1. The number of aryl methyl sites for hydroxylation is 1. The average molecular weight is 597 g/mol. The summed E-state index contributed by atoms with van der Waals surface area (Å²) in [6.45, 7) is 3.97. The van der Waals surface area contributed by atoms with E-state index in [9.17, 15) is 23.1 Å². The number of nitrogens with two attached hydrogens (primary N) is 3. The Kier molecular flexibility index (Phi) is 14.4. The molecule has 1 atom stereocenters. The zero-order chi connectivity index (χ0) is 31.1. The van der Waals surface area contributed by atoms with Crippen LogP contribution in [-0.2, 0) is 26.1 Å². The highest BCUT2D eigenvalue weighted by molar-refractivity contribution is 7.86. The van der Waals surface area contributed by atoms with Crippen LogP contribution in [0.5, 0.6) is 17.2 Å². The van der Waals surface area contributed by atoms with Gasteiger partial charge < -0.3 is 34.4 Å². The van der Waals surface area contributed by atoms with Gasteiger partial charge in [0.2, 0.25) is 0 Å². The summed E-state index contributed by atoms with van der Waals surface area (Å²) in [6.07, 6.45) is 4.65. The molecule has 0 saturated carbocycles. The number of ether oxygens (including phenoxy) is 2. The van der Waals surface area contributed by atoms with Gasteiger partial charge in [-0.05, 0) is 87.9 Å². The van der Waals surface area contributed by atoms with Gasteiger partial charge in [-0.15, -0.1) is 0 Å². The first-order valence-corrected chi connectivity index (χ1v) is 14.6. The molecular weight excluding hydrogens is 556 g/mol. The fraction of sp³-hybridized carbons (Fsp3) is 0.444. The maximum atomic E-state index is 11.1. The molecule has 0 saturated heterocycles. The fourth-order valence-electron chi connectivity index (χ4n) is 3.13. The summed E-state index contributed by atoms with van der Waals surface area (Å²) in [7, 11) is -3.53. The Morgan fingerprint density at radius 3 is 2.05 bits per heavy atom. The number of guanidine groups is 1. The van der Waals surface area contributed by atoms with Crippen LogP contribution >= 0.6 is 0 Å². The summed E-state index contributed by atoms with van der Waals surface area (Å²) in [5, 5.41) is 19.4. The van der Waals surface area contributed by atoms with E-state index in [-0.39, 0.29) is 11.7 Å². The molecule has 2 rings (SSSR count). The minimum Gasteiger partial charge on any atom is -0.546 e. The van der Waals surface area contributed by atoms with Crippen LogP contribution in [0.2, 0.25) is 0 Å². The molecule has 0 aliphatic heterocycles. The third-order valence-corrected chi connectivity index (χ3v) is 5.82. The first kappa shape index (κ1) is 35.0. The van der Waals surface area contributed by atoms with Crippen molar-refractivity contribution >= 4 is 28.0 Å². The largest absolute Gasteiger partial charge is 0.546 e. The van der Waals surface area contributed by atoms with Crippen LogP contribution in [0.4, 0.5) is 0 Å². The van der Waals surface area contributed by atoms with E-state index < -0.39 is 33.7 Å². The van der Waals surface area contributed by atoms with Crippen molar-refractivity contribution < 1.29 is 46.9 Å². The highest BCUT2D eigenvalue weighted by atomic mass is 32.2. The van der Waals surface area contributed by atoms with Crippen LogP contribution in [0, 0.1) is 0 Å². The summed E-state index contributed by atoms with van der Waals surface area (Å²) in [6, 6.07) is 12.9. The van der Waals surface area contributed by atoms with Gasteiger partial charge >= 0.3 is 22.0 Å². The van der Waals surface area contributed by atoms with Gasteiger partial charge in [0, 0.05) is 0 Å².